The lowest BCUT2D eigenvalue weighted by Crippen LogP contribution is -2.55. The van der Waals surface area contributed by atoms with E-state index in [2.05, 4.69) is 30.5 Å². The molecule has 0 saturated carbocycles. The van der Waals surface area contributed by atoms with Crippen LogP contribution in [0.5, 0.6) is 5.88 Å². The fraction of sp³-hybridized carbons (Fsp3) is 0.227. The van der Waals surface area contributed by atoms with Gasteiger partial charge in [0.05, 0.1) is 23.5 Å². The Kier molecular flexibility index (Phi) is 6.05. The molecule has 1 atom stereocenters. The predicted molar refractivity (Wildman–Crippen MR) is 122 cm³/mol. The van der Waals surface area contributed by atoms with Crippen molar-refractivity contribution in [3.8, 4) is 17.3 Å². The smallest absolute Gasteiger partial charge is 0.268 e. The second kappa shape index (κ2) is 9.29. The number of halogens is 2. The van der Waals surface area contributed by atoms with Crippen molar-refractivity contribution in [2.75, 3.05) is 25.0 Å². The number of anilines is 1. The molecule has 5 rings (SSSR count). The molecule has 1 amide bonds. The van der Waals surface area contributed by atoms with Gasteiger partial charge in [0.15, 0.2) is 17.6 Å². The first-order chi connectivity index (χ1) is 16.5. The summed E-state index contributed by atoms with van der Waals surface area (Å²) in [7, 11) is 0. The number of aromatic amines is 1. The fourth-order valence-electron chi connectivity index (χ4n) is 3.55. The average Bonchev–Trinajstić information content (AvgIpc) is 3.28. The normalized spacial score (nSPS) is 15.1. The number of aliphatic hydroxyl groups is 1. The van der Waals surface area contributed by atoms with Gasteiger partial charge in [0, 0.05) is 25.2 Å². The Labute approximate surface area is 197 Å². The van der Waals surface area contributed by atoms with E-state index in [1.165, 1.54) is 18.3 Å². The van der Waals surface area contributed by atoms with Crippen LogP contribution in [0.2, 0.25) is 5.02 Å². The summed E-state index contributed by atoms with van der Waals surface area (Å²) in [5.41, 5.74) is 1.01. The molecule has 12 heteroatoms. The first-order valence-electron chi connectivity index (χ1n) is 10.4. The molecule has 10 nitrogen and oxygen atoms in total. The van der Waals surface area contributed by atoms with E-state index in [1.807, 2.05) is 11.0 Å². The first kappa shape index (κ1) is 22.1. The van der Waals surface area contributed by atoms with E-state index < -0.39 is 23.9 Å². The van der Waals surface area contributed by atoms with Gasteiger partial charge in [-0.2, -0.15) is 10.1 Å². The number of fused-ring (bicyclic) bond motifs is 1. The number of pyridine rings is 1. The van der Waals surface area contributed by atoms with Gasteiger partial charge < -0.3 is 15.2 Å². The number of hydrogen-bond acceptors (Lipinski definition) is 8. The lowest BCUT2D eigenvalue weighted by atomic mass is 10.1. The second-order valence-corrected chi connectivity index (χ2v) is 8.20. The molecule has 1 aliphatic heterocycles. The van der Waals surface area contributed by atoms with E-state index >= 15 is 0 Å². The zero-order chi connectivity index (χ0) is 23.7. The number of likely N-dealkylation sites (tertiary alicyclic amines) is 1. The Morgan fingerprint density at radius 3 is 2.82 bits per heavy atom. The molecule has 0 spiro atoms. The molecule has 1 saturated heterocycles. The minimum absolute atomic E-state index is 0.141. The fourth-order valence-corrected chi connectivity index (χ4v) is 3.77. The standard InChI is InChI=1S/C22H19ClFN7O3/c23-16-4-2-1-3-14(16)19-28-20-15(8-26-30-20)22(29-19)34-17(11-31-9-13(32)10-31)21(33)27-18-6-5-12(24)7-25-18/h1-8,13,17,32H,9-11H2,(H,25,27,33)(H,26,28,29,30)/t17-/m0/s1. The predicted octanol–water partition coefficient (Wildman–Crippen LogP) is 2.27. The van der Waals surface area contributed by atoms with E-state index in [0.29, 0.717) is 40.5 Å². The van der Waals surface area contributed by atoms with Gasteiger partial charge >= 0.3 is 0 Å². The number of carbonyl (C=O) groups excluding carboxylic acids is 1. The monoisotopic (exact) mass is 483 g/mol. The summed E-state index contributed by atoms with van der Waals surface area (Å²) in [6, 6.07) is 9.65. The number of rotatable bonds is 7. The van der Waals surface area contributed by atoms with Crippen molar-refractivity contribution in [1.82, 2.24) is 30.0 Å². The maximum atomic E-state index is 13.2. The highest BCUT2D eigenvalue weighted by Crippen LogP contribution is 2.30. The number of benzene rings is 1. The molecule has 1 aromatic carbocycles. The van der Waals surface area contributed by atoms with E-state index in [1.54, 1.807) is 18.2 Å². The summed E-state index contributed by atoms with van der Waals surface area (Å²) in [6.45, 7) is 1.02. The van der Waals surface area contributed by atoms with Gasteiger partial charge in [0.1, 0.15) is 17.0 Å². The number of nitrogens with zero attached hydrogens (tertiary/aromatic N) is 5. The van der Waals surface area contributed by atoms with Gasteiger partial charge in [0.25, 0.3) is 5.91 Å². The molecular weight excluding hydrogens is 465 g/mol. The van der Waals surface area contributed by atoms with Crippen LogP contribution in [0.4, 0.5) is 10.2 Å². The van der Waals surface area contributed by atoms with Crippen molar-refractivity contribution in [2.45, 2.75) is 12.2 Å². The Morgan fingerprint density at radius 1 is 1.26 bits per heavy atom. The third-order valence-electron chi connectivity index (χ3n) is 5.28. The van der Waals surface area contributed by atoms with Gasteiger partial charge in [-0.25, -0.2) is 14.4 Å². The topological polar surface area (TPSA) is 129 Å². The van der Waals surface area contributed by atoms with Gasteiger partial charge in [-0.1, -0.05) is 23.7 Å². The van der Waals surface area contributed by atoms with Gasteiger partial charge in [-0.15, -0.1) is 0 Å². The van der Waals surface area contributed by atoms with Crippen LogP contribution in [0.1, 0.15) is 0 Å². The molecule has 0 radical (unpaired) electrons. The number of aromatic nitrogens is 5. The molecule has 4 heterocycles. The third kappa shape index (κ3) is 4.67. The molecule has 0 bridgehead atoms. The summed E-state index contributed by atoms with van der Waals surface area (Å²) in [4.78, 5) is 27.8. The molecular formula is C22H19ClFN7O3. The van der Waals surface area contributed by atoms with Crippen molar-refractivity contribution >= 4 is 34.4 Å². The Bertz CT molecular complexity index is 1330. The maximum Gasteiger partial charge on any atom is 0.268 e. The van der Waals surface area contributed by atoms with Crippen LogP contribution in [0, 0.1) is 5.82 Å². The lowest BCUT2D eigenvalue weighted by Gasteiger charge is -2.37. The SMILES string of the molecule is O=C(Nc1ccc(F)cn1)[C@H](CN1CC(O)C1)Oc1nc(-c2ccccc2Cl)nc2[nH]ncc12. The summed E-state index contributed by atoms with van der Waals surface area (Å²) in [6.07, 6.45) is 1.04. The van der Waals surface area contributed by atoms with E-state index in [0.717, 1.165) is 6.20 Å². The summed E-state index contributed by atoms with van der Waals surface area (Å²) in [5, 5.41) is 20.0. The number of hydrogen-bond donors (Lipinski definition) is 3. The van der Waals surface area contributed by atoms with Crippen molar-refractivity contribution in [3.05, 3.63) is 59.6 Å². The third-order valence-corrected chi connectivity index (χ3v) is 5.61. The van der Waals surface area contributed by atoms with E-state index in [-0.39, 0.29) is 18.2 Å². The van der Waals surface area contributed by atoms with Crippen LogP contribution < -0.4 is 10.1 Å². The van der Waals surface area contributed by atoms with Crippen LogP contribution in [-0.2, 0) is 4.79 Å². The van der Waals surface area contributed by atoms with Crippen molar-refractivity contribution in [3.63, 3.8) is 0 Å². The summed E-state index contributed by atoms with van der Waals surface area (Å²) in [5.74, 6) is -0.402. The molecule has 3 N–H and O–H groups in total. The summed E-state index contributed by atoms with van der Waals surface area (Å²) < 4.78 is 19.3. The highest BCUT2D eigenvalue weighted by Gasteiger charge is 2.32. The Hall–Kier alpha value is -3.67. The number of nitrogens with one attached hydrogen (secondary N) is 2. The van der Waals surface area contributed by atoms with E-state index in [9.17, 15) is 14.3 Å². The molecule has 1 fully saturated rings. The molecule has 34 heavy (non-hydrogen) atoms. The van der Waals surface area contributed by atoms with Gasteiger partial charge in [0.2, 0.25) is 5.88 Å². The van der Waals surface area contributed by atoms with Crippen molar-refractivity contribution in [2.24, 2.45) is 0 Å². The first-order valence-corrected chi connectivity index (χ1v) is 10.8. The second-order valence-electron chi connectivity index (χ2n) is 7.79. The van der Waals surface area contributed by atoms with E-state index in [4.69, 9.17) is 16.3 Å². The number of carbonyl (C=O) groups is 1. The number of H-pyrrole nitrogens is 1. The molecule has 0 unspecified atom stereocenters. The minimum atomic E-state index is -1.02. The molecule has 1 aliphatic rings. The van der Waals surface area contributed by atoms with Crippen molar-refractivity contribution in [1.29, 1.82) is 0 Å². The van der Waals surface area contributed by atoms with Crippen LogP contribution in [-0.4, -0.2) is 72.9 Å². The van der Waals surface area contributed by atoms with Crippen LogP contribution in [0.15, 0.2) is 48.8 Å². The number of β-amino-alcohol motifs (C(OH)–C–C–N with tert-alkyl or cyclic N) is 1. The highest BCUT2D eigenvalue weighted by molar-refractivity contribution is 6.33. The molecule has 0 aliphatic carbocycles. The van der Waals surface area contributed by atoms with Gasteiger partial charge in [-0.05, 0) is 24.3 Å². The number of aliphatic hydroxyl groups excluding tert-OH is 1. The zero-order valence-corrected chi connectivity index (χ0v) is 18.4. The quantitative estimate of drug-likeness (QED) is 0.365. The zero-order valence-electron chi connectivity index (χ0n) is 17.7. The van der Waals surface area contributed by atoms with Gasteiger partial charge in [-0.3, -0.25) is 14.8 Å². The summed E-state index contributed by atoms with van der Waals surface area (Å²) >= 11 is 6.33. The van der Waals surface area contributed by atoms with Crippen LogP contribution in [0.25, 0.3) is 22.4 Å². The largest absolute Gasteiger partial charge is 0.462 e. The van der Waals surface area contributed by atoms with Crippen molar-refractivity contribution < 1.29 is 19.0 Å². The Morgan fingerprint density at radius 2 is 2.09 bits per heavy atom. The van der Waals surface area contributed by atoms with Crippen LogP contribution >= 0.6 is 11.6 Å². The Balaban J connectivity index is 1.46. The van der Waals surface area contributed by atoms with Crippen LogP contribution in [0.3, 0.4) is 0 Å². The highest BCUT2D eigenvalue weighted by atomic mass is 35.5. The molecule has 174 valence electrons. The molecule has 4 aromatic rings. The number of ether oxygens (including phenoxy) is 1. The average molecular weight is 484 g/mol. The lowest BCUT2D eigenvalue weighted by molar-refractivity contribution is -0.125. The maximum absolute atomic E-state index is 13.2. The minimum Gasteiger partial charge on any atom is -0.462 e. The number of amides is 1. The molecule has 3 aromatic heterocycles.